The van der Waals surface area contributed by atoms with Crippen molar-refractivity contribution in [2.24, 2.45) is 0 Å². The lowest BCUT2D eigenvalue weighted by atomic mass is 9.86. The molecular formula is C24H27BrF2N2O6. The lowest BCUT2D eigenvalue weighted by Gasteiger charge is -2.40. The van der Waals surface area contributed by atoms with Gasteiger partial charge in [0, 0.05) is 27.4 Å². The summed E-state index contributed by atoms with van der Waals surface area (Å²) in [6.07, 6.45) is -2.80. The fraction of sp³-hybridized carbons (Fsp3) is 0.458. The zero-order valence-corrected chi connectivity index (χ0v) is 21.3. The first-order chi connectivity index (χ1) is 16.3. The van der Waals surface area contributed by atoms with E-state index in [4.69, 9.17) is 9.47 Å². The number of methoxy groups -OCH3 is 1. The van der Waals surface area contributed by atoms with Crippen LogP contribution in [-0.2, 0) is 24.1 Å². The highest BCUT2D eigenvalue weighted by atomic mass is 79.9. The Morgan fingerprint density at radius 2 is 1.89 bits per heavy atom. The first-order valence-corrected chi connectivity index (χ1v) is 11.7. The molecule has 0 saturated carbocycles. The molecule has 190 valence electrons. The van der Waals surface area contributed by atoms with Crippen molar-refractivity contribution in [2.75, 3.05) is 7.11 Å². The second-order valence-corrected chi connectivity index (χ2v) is 10.3. The SMILES string of the molecule is COc1ccc(Br)c2c1CN(C(=O)OC(C)(C)C)C([C@@H](O)[C@H](Cc1cc(F)cc(F)c1)[N+](=O)[O-])C2. The highest BCUT2D eigenvalue weighted by Crippen LogP contribution is 2.37. The van der Waals surface area contributed by atoms with E-state index < -0.39 is 52.9 Å². The summed E-state index contributed by atoms with van der Waals surface area (Å²) in [6, 6.07) is 3.42. The molecule has 35 heavy (non-hydrogen) atoms. The molecule has 1 amide bonds. The molecule has 0 aromatic heterocycles. The molecule has 0 bridgehead atoms. The molecule has 3 atom stereocenters. The largest absolute Gasteiger partial charge is 0.496 e. The van der Waals surface area contributed by atoms with Gasteiger partial charge in [-0.2, -0.15) is 0 Å². The summed E-state index contributed by atoms with van der Waals surface area (Å²) in [6.45, 7) is 5.03. The third kappa shape index (κ3) is 6.26. The van der Waals surface area contributed by atoms with Gasteiger partial charge in [0.2, 0.25) is 6.04 Å². The van der Waals surface area contributed by atoms with E-state index in [1.807, 2.05) is 0 Å². The summed E-state index contributed by atoms with van der Waals surface area (Å²) in [5.74, 6) is -1.24. The first-order valence-electron chi connectivity index (χ1n) is 10.9. The van der Waals surface area contributed by atoms with Crippen molar-refractivity contribution in [1.29, 1.82) is 0 Å². The van der Waals surface area contributed by atoms with Gasteiger partial charge in [-0.3, -0.25) is 15.0 Å². The van der Waals surface area contributed by atoms with Crippen LogP contribution in [0.25, 0.3) is 0 Å². The van der Waals surface area contributed by atoms with Gasteiger partial charge in [-0.25, -0.2) is 13.6 Å². The Morgan fingerprint density at radius 3 is 2.43 bits per heavy atom. The molecule has 1 heterocycles. The van der Waals surface area contributed by atoms with Crippen LogP contribution < -0.4 is 4.74 Å². The number of fused-ring (bicyclic) bond motifs is 1. The van der Waals surface area contributed by atoms with Gasteiger partial charge < -0.3 is 14.6 Å². The van der Waals surface area contributed by atoms with Crippen molar-refractivity contribution < 1.29 is 33.1 Å². The maximum Gasteiger partial charge on any atom is 0.410 e. The number of hydrogen-bond donors (Lipinski definition) is 1. The van der Waals surface area contributed by atoms with Crippen LogP contribution in [0, 0.1) is 21.7 Å². The number of aliphatic hydroxyl groups excluding tert-OH is 1. The van der Waals surface area contributed by atoms with Crippen LogP contribution in [0.3, 0.4) is 0 Å². The summed E-state index contributed by atoms with van der Waals surface area (Å²) < 4.78 is 39.0. The number of nitrogens with zero attached hydrogens (tertiary/aromatic N) is 2. The minimum atomic E-state index is -1.67. The molecule has 1 N–H and O–H groups in total. The van der Waals surface area contributed by atoms with Crippen molar-refractivity contribution in [1.82, 2.24) is 4.90 Å². The minimum Gasteiger partial charge on any atom is -0.496 e. The number of ether oxygens (including phenoxy) is 2. The maximum absolute atomic E-state index is 13.7. The molecule has 11 heteroatoms. The molecule has 1 aliphatic heterocycles. The Morgan fingerprint density at radius 1 is 1.26 bits per heavy atom. The Labute approximate surface area is 210 Å². The van der Waals surface area contributed by atoms with E-state index >= 15 is 0 Å². The standard InChI is InChI=1S/C24H27BrF2N2O6/c1-24(2,3)35-23(31)28-12-17-16(18(25)5-6-21(17)34-4)11-19(28)22(30)20(29(32)33)9-13-7-14(26)10-15(27)8-13/h5-8,10,19-20,22,30H,9,11-12H2,1-4H3/t19?,20-,22+/m0/s1. The highest BCUT2D eigenvalue weighted by Gasteiger charge is 2.45. The maximum atomic E-state index is 13.7. The molecular weight excluding hydrogens is 530 g/mol. The van der Waals surface area contributed by atoms with Crippen LogP contribution in [0.5, 0.6) is 5.75 Å². The number of carbonyl (C=O) groups excluding carboxylic acids is 1. The third-order valence-electron chi connectivity index (χ3n) is 5.75. The smallest absolute Gasteiger partial charge is 0.410 e. The lowest BCUT2D eigenvalue weighted by Crippen LogP contribution is -2.56. The van der Waals surface area contributed by atoms with E-state index in [2.05, 4.69) is 15.9 Å². The quantitative estimate of drug-likeness (QED) is 0.410. The molecule has 3 rings (SSSR count). The van der Waals surface area contributed by atoms with Gasteiger partial charge in [0.1, 0.15) is 29.1 Å². The van der Waals surface area contributed by atoms with Gasteiger partial charge in [-0.1, -0.05) is 15.9 Å². The lowest BCUT2D eigenvalue weighted by molar-refractivity contribution is -0.535. The van der Waals surface area contributed by atoms with Crippen LogP contribution >= 0.6 is 15.9 Å². The van der Waals surface area contributed by atoms with Gasteiger partial charge in [-0.15, -0.1) is 0 Å². The molecule has 8 nitrogen and oxygen atoms in total. The number of hydrogen-bond acceptors (Lipinski definition) is 6. The van der Waals surface area contributed by atoms with Crippen LogP contribution in [-0.4, -0.2) is 51.9 Å². The molecule has 1 unspecified atom stereocenters. The molecule has 0 fully saturated rings. The topological polar surface area (TPSA) is 102 Å². The number of rotatable bonds is 6. The Hall–Kier alpha value is -2.79. The number of aliphatic hydroxyl groups is 1. The predicted molar refractivity (Wildman–Crippen MR) is 127 cm³/mol. The molecule has 2 aromatic rings. The van der Waals surface area contributed by atoms with Gasteiger partial charge in [-0.05, 0) is 62.6 Å². The number of nitro groups is 1. The first kappa shape index (κ1) is 26.8. The van der Waals surface area contributed by atoms with Crippen LogP contribution in [0.1, 0.15) is 37.5 Å². The van der Waals surface area contributed by atoms with Crippen molar-refractivity contribution >= 4 is 22.0 Å². The molecule has 1 aliphatic rings. The van der Waals surface area contributed by atoms with Crippen LogP contribution in [0.15, 0.2) is 34.8 Å². The van der Waals surface area contributed by atoms with Crippen LogP contribution in [0.2, 0.25) is 0 Å². The minimum absolute atomic E-state index is 0.0196. The molecule has 0 radical (unpaired) electrons. The zero-order chi connectivity index (χ0) is 26.1. The second-order valence-electron chi connectivity index (χ2n) is 9.41. The number of benzene rings is 2. The average Bonchev–Trinajstić information content (AvgIpc) is 2.74. The van der Waals surface area contributed by atoms with Gasteiger partial charge in [0.05, 0.1) is 19.7 Å². The van der Waals surface area contributed by atoms with Crippen LogP contribution in [0.4, 0.5) is 13.6 Å². The Kier molecular flexibility index (Phi) is 8.00. The van der Waals surface area contributed by atoms with Crippen molar-refractivity contribution in [3.05, 3.63) is 73.2 Å². The Balaban J connectivity index is 2.02. The number of carbonyl (C=O) groups is 1. The van der Waals surface area contributed by atoms with E-state index in [9.17, 15) is 28.8 Å². The molecule has 0 aliphatic carbocycles. The third-order valence-corrected chi connectivity index (χ3v) is 6.49. The van der Waals surface area contributed by atoms with Gasteiger partial charge in [0.25, 0.3) is 0 Å². The molecule has 0 spiro atoms. The highest BCUT2D eigenvalue weighted by molar-refractivity contribution is 9.10. The van der Waals surface area contributed by atoms with E-state index in [1.165, 1.54) is 12.0 Å². The summed E-state index contributed by atoms with van der Waals surface area (Å²) in [7, 11) is 1.49. The van der Waals surface area contributed by atoms with E-state index in [0.29, 0.717) is 21.9 Å². The molecule has 2 aromatic carbocycles. The summed E-state index contributed by atoms with van der Waals surface area (Å²) in [5.41, 5.74) is 0.579. The van der Waals surface area contributed by atoms with E-state index in [-0.39, 0.29) is 18.5 Å². The summed E-state index contributed by atoms with van der Waals surface area (Å²) in [5, 5.41) is 23.2. The van der Waals surface area contributed by atoms with Crippen molar-refractivity contribution in [3.8, 4) is 5.75 Å². The monoisotopic (exact) mass is 556 g/mol. The molecule has 0 saturated heterocycles. The summed E-state index contributed by atoms with van der Waals surface area (Å²) >= 11 is 3.47. The van der Waals surface area contributed by atoms with E-state index in [1.54, 1.807) is 32.9 Å². The number of halogens is 3. The summed E-state index contributed by atoms with van der Waals surface area (Å²) in [4.78, 5) is 25.7. The Bertz CT molecular complexity index is 1100. The van der Waals surface area contributed by atoms with Gasteiger partial charge in [0.15, 0.2) is 0 Å². The van der Waals surface area contributed by atoms with Gasteiger partial charge >= 0.3 is 6.09 Å². The van der Waals surface area contributed by atoms with Crippen molar-refractivity contribution in [2.45, 2.75) is 63.9 Å². The zero-order valence-electron chi connectivity index (χ0n) is 19.8. The number of amides is 1. The normalized spacial score (nSPS) is 17.4. The fourth-order valence-electron chi connectivity index (χ4n) is 4.21. The predicted octanol–water partition coefficient (Wildman–Crippen LogP) is 4.65. The average molecular weight is 557 g/mol. The fourth-order valence-corrected chi connectivity index (χ4v) is 4.74. The van der Waals surface area contributed by atoms with E-state index in [0.717, 1.165) is 17.7 Å². The second kappa shape index (κ2) is 10.4. The van der Waals surface area contributed by atoms with Crippen molar-refractivity contribution in [3.63, 3.8) is 0 Å².